The number of methoxy groups -OCH3 is 2. The molecule has 1 aromatic rings. The standard InChI is InChI=1S/C30H41FN2O7/c1-29(9-4-10-29)16-32-27(35)24-17-5-6-18(13-17)25(24)33-26(34)20-14-23(21(31)15-22(20)38-2)40-19-7-11-30(39-3,12-8-19)28(36)37/h14-15,17-19,24-25H,4-13,16H2,1-3H3,(H,32,35)(H,33,34)(H,36,37)/t17-,18+,19?,24+,25-,30?/m1/s1. The molecule has 4 atom stereocenters. The molecule has 0 unspecified atom stereocenters. The zero-order valence-corrected chi connectivity index (χ0v) is 23.6. The number of carboxylic acid groups (broad SMARTS) is 1. The van der Waals surface area contributed by atoms with E-state index in [0.29, 0.717) is 19.4 Å². The van der Waals surface area contributed by atoms with Crippen LogP contribution in [0.3, 0.4) is 0 Å². The number of nitrogens with one attached hydrogen (secondary N) is 2. The molecule has 1 aromatic carbocycles. The number of fused-ring (bicyclic) bond motifs is 2. The van der Waals surface area contributed by atoms with Gasteiger partial charge in [0, 0.05) is 25.8 Å². The molecular weight excluding hydrogens is 519 g/mol. The summed E-state index contributed by atoms with van der Waals surface area (Å²) < 4.78 is 31.5. The molecule has 0 saturated heterocycles. The lowest BCUT2D eigenvalue weighted by Crippen LogP contribution is -2.51. The van der Waals surface area contributed by atoms with Crippen molar-refractivity contribution in [2.24, 2.45) is 23.2 Å². The molecule has 4 fully saturated rings. The number of hydrogen-bond acceptors (Lipinski definition) is 6. The number of hydrogen-bond donors (Lipinski definition) is 3. The minimum absolute atomic E-state index is 0.00603. The van der Waals surface area contributed by atoms with Gasteiger partial charge in [0.25, 0.3) is 5.91 Å². The van der Waals surface area contributed by atoms with Crippen LogP contribution in [0.5, 0.6) is 11.5 Å². The van der Waals surface area contributed by atoms with Crippen LogP contribution in [0.25, 0.3) is 0 Å². The Balaban J connectivity index is 1.28. The van der Waals surface area contributed by atoms with Gasteiger partial charge in [0.05, 0.1) is 24.7 Å². The van der Waals surface area contributed by atoms with E-state index in [4.69, 9.17) is 14.2 Å². The fourth-order valence-electron chi connectivity index (χ4n) is 7.31. The third-order valence-electron chi connectivity index (χ3n) is 10.1. The van der Waals surface area contributed by atoms with Gasteiger partial charge in [-0.1, -0.05) is 13.3 Å². The average molecular weight is 561 g/mol. The first-order chi connectivity index (χ1) is 19.1. The van der Waals surface area contributed by atoms with Crippen LogP contribution in [0.15, 0.2) is 12.1 Å². The van der Waals surface area contributed by atoms with E-state index in [0.717, 1.165) is 38.2 Å². The Morgan fingerprint density at radius 3 is 2.33 bits per heavy atom. The Kier molecular flexibility index (Phi) is 8.01. The summed E-state index contributed by atoms with van der Waals surface area (Å²) in [6, 6.07) is 2.18. The summed E-state index contributed by atoms with van der Waals surface area (Å²) in [5, 5.41) is 15.8. The molecule has 0 heterocycles. The summed E-state index contributed by atoms with van der Waals surface area (Å²) in [5.74, 6) is -1.94. The summed E-state index contributed by atoms with van der Waals surface area (Å²) in [5.41, 5.74) is -0.959. The zero-order valence-electron chi connectivity index (χ0n) is 23.6. The number of carbonyl (C=O) groups is 3. The predicted molar refractivity (Wildman–Crippen MR) is 144 cm³/mol. The third-order valence-corrected chi connectivity index (χ3v) is 10.1. The van der Waals surface area contributed by atoms with Gasteiger partial charge in [0.15, 0.2) is 17.2 Å². The van der Waals surface area contributed by atoms with Gasteiger partial charge in [0.1, 0.15) is 5.75 Å². The summed E-state index contributed by atoms with van der Waals surface area (Å²) in [6.07, 6.45) is 7.09. The second-order valence-electron chi connectivity index (χ2n) is 12.5. The number of rotatable bonds is 10. The van der Waals surface area contributed by atoms with Gasteiger partial charge >= 0.3 is 5.97 Å². The fourth-order valence-corrected chi connectivity index (χ4v) is 7.31. The van der Waals surface area contributed by atoms with Crippen LogP contribution in [0, 0.1) is 29.0 Å². The van der Waals surface area contributed by atoms with Crippen molar-refractivity contribution in [3.63, 3.8) is 0 Å². The van der Waals surface area contributed by atoms with E-state index >= 15 is 0 Å². The van der Waals surface area contributed by atoms with Crippen molar-refractivity contribution < 1.29 is 38.1 Å². The van der Waals surface area contributed by atoms with E-state index in [1.54, 1.807) is 0 Å². The number of carboxylic acids is 1. The normalized spacial score (nSPS) is 32.1. The molecule has 0 spiro atoms. The van der Waals surface area contributed by atoms with Crippen LogP contribution in [0.2, 0.25) is 0 Å². The molecule has 5 rings (SSSR count). The number of aliphatic carboxylic acids is 1. The molecule has 220 valence electrons. The second kappa shape index (κ2) is 11.2. The number of halogens is 1. The zero-order chi connectivity index (χ0) is 28.7. The lowest BCUT2D eigenvalue weighted by Gasteiger charge is -2.39. The summed E-state index contributed by atoms with van der Waals surface area (Å²) in [4.78, 5) is 38.5. The van der Waals surface area contributed by atoms with E-state index in [1.165, 1.54) is 26.7 Å². The number of amides is 2. The van der Waals surface area contributed by atoms with E-state index in [2.05, 4.69) is 17.6 Å². The predicted octanol–water partition coefficient (Wildman–Crippen LogP) is 4.08. The number of ether oxygens (including phenoxy) is 3. The number of benzene rings is 1. The van der Waals surface area contributed by atoms with Crippen molar-refractivity contribution in [2.45, 2.75) is 88.9 Å². The first kappa shape index (κ1) is 28.6. The summed E-state index contributed by atoms with van der Waals surface area (Å²) in [6.45, 7) is 2.86. The highest BCUT2D eigenvalue weighted by Gasteiger charge is 2.52. The Bertz CT molecular complexity index is 1150. The maximum absolute atomic E-state index is 15.0. The lowest BCUT2D eigenvalue weighted by atomic mass is 9.70. The molecule has 4 saturated carbocycles. The molecule has 4 aliphatic carbocycles. The van der Waals surface area contributed by atoms with Crippen LogP contribution in [0.1, 0.15) is 81.5 Å². The molecule has 9 nitrogen and oxygen atoms in total. The quantitative estimate of drug-likeness (QED) is 0.394. The van der Waals surface area contributed by atoms with Crippen molar-refractivity contribution in [2.75, 3.05) is 20.8 Å². The maximum Gasteiger partial charge on any atom is 0.335 e. The van der Waals surface area contributed by atoms with Crippen LogP contribution >= 0.6 is 0 Å². The highest BCUT2D eigenvalue weighted by atomic mass is 19.1. The third kappa shape index (κ3) is 5.39. The van der Waals surface area contributed by atoms with Gasteiger partial charge in [-0.3, -0.25) is 9.59 Å². The second-order valence-corrected chi connectivity index (χ2v) is 12.5. The van der Waals surface area contributed by atoms with Gasteiger partial charge in [0.2, 0.25) is 5.91 Å². The van der Waals surface area contributed by atoms with Crippen LogP contribution < -0.4 is 20.1 Å². The van der Waals surface area contributed by atoms with Gasteiger partial charge in [-0.25, -0.2) is 9.18 Å². The Labute approximate surface area is 234 Å². The molecule has 0 aromatic heterocycles. The van der Waals surface area contributed by atoms with Crippen molar-refractivity contribution in [3.05, 3.63) is 23.5 Å². The van der Waals surface area contributed by atoms with E-state index in [1.807, 2.05) is 0 Å². The molecule has 2 amide bonds. The Hall–Kier alpha value is -2.88. The van der Waals surface area contributed by atoms with Gasteiger partial charge in [-0.05, 0) is 81.1 Å². The van der Waals surface area contributed by atoms with Crippen LogP contribution in [-0.2, 0) is 14.3 Å². The largest absolute Gasteiger partial charge is 0.496 e. The molecule has 40 heavy (non-hydrogen) atoms. The molecule has 4 aliphatic rings. The smallest absolute Gasteiger partial charge is 0.335 e. The van der Waals surface area contributed by atoms with Gasteiger partial charge in [-0.15, -0.1) is 0 Å². The monoisotopic (exact) mass is 560 g/mol. The van der Waals surface area contributed by atoms with Gasteiger partial charge in [-0.2, -0.15) is 0 Å². The number of carbonyl (C=O) groups excluding carboxylic acids is 2. The topological polar surface area (TPSA) is 123 Å². The summed E-state index contributed by atoms with van der Waals surface area (Å²) >= 11 is 0. The highest BCUT2D eigenvalue weighted by molar-refractivity contribution is 5.98. The summed E-state index contributed by atoms with van der Waals surface area (Å²) in [7, 11) is 2.75. The first-order valence-corrected chi connectivity index (χ1v) is 14.5. The van der Waals surface area contributed by atoms with Crippen molar-refractivity contribution in [1.29, 1.82) is 0 Å². The maximum atomic E-state index is 15.0. The minimum atomic E-state index is -1.26. The SMILES string of the molecule is COc1cc(F)c(OC2CCC(OC)(C(=O)O)CC2)cc1C(=O)N[C@@H]1[C@H]2CC[C@H](C2)[C@@H]1C(=O)NCC1(C)CCC1. The molecule has 0 aliphatic heterocycles. The van der Waals surface area contributed by atoms with E-state index in [-0.39, 0.29) is 65.0 Å². The van der Waals surface area contributed by atoms with Crippen LogP contribution in [0.4, 0.5) is 4.39 Å². The Morgan fingerprint density at radius 2 is 1.73 bits per heavy atom. The molecule has 3 N–H and O–H groups in total. The van der Waals surface area contributed by atoms with Crippen LogP contribution in [-0.4, -0.2) is 61.4 Å². The molecule has 10 heteroatoms. The fraction of sp³-hybridized carbons (Fsp3) is 0.700. The van der Waals surface area contributed by atoms with Crippen molar-refractivity contribution in [3.8, 4) is 11.5 Å². The molecule has 2 bridgehead atoms. The lowest BCUT2D eigenvalue weighted by molar-refractivity contribution is -0.168. The van der Waals surface area contributed by atoms with Gasteiger partial charge < -0.3 is 30.0 Å². The first-order valence-electron chi connectivity index (χ1n) is 14.5. The van der Waals surface area contributed by atoms with Crippen molar-refractivity contribution in [1.82, 2.24) is 10.6 Å². The van der Waals surface area contributed by atoms with E-state index < -0.39 is 29.4 Å². The highest BCUT2D eigenvalue weighted by Crippen LogP contribution is 2.49. The molecular formula is C30H41FN2O7. The molecule has 0 radical (unpaired) electrons. The van der Waals surface area contributed by atoms with Crippen molar-refractivity contribution >= 4 is 17.8 Å². The Morgan fingerprint density at radius 1 is 1.02 bits per heavy atom. The van der Waals surface area contributed by atoms with E-state index in [9.17, 15) is 23.9 Å². The minimum Gasteiger partial charge on any atom is -0.496 e. The average Bonchev–Trinajstić information content (AvgIpc) is 3.54.